The number of nitrogens with one attached hydrogen (secondary N) is 1. The number of para-hydroxylation sites is 2. The second-order valence-corrected chi connectivity index (χ2v) is 6.73. The summed E-state index contributed by atoms with van der Waals surface area (Å²) in [5.74, 6) is 1.46. The van der Waals surface area contributed by atoms with E-state index in [2.05, 4.69) is 14.8 Å². The molecule has 1 amide bonds. The Morgan fingerprint density at radius 1 is 1.35 bits per heavy atom. The molecule has 26 heavy (non-hydrogen) atoms. The summed E-state index contributed by atoms with van der Waals surface area (Å²) in [6.45, 7) is 1.03. The molecule has 0 spiro atoms. The second kappa shape index (κ2) is 6.53. The molecule has 3 aromatic rings. The lowest BCUT2D eigenvalue weighted by Gasteiger charge is -2.35. The van der Waals surface area contributed by atoms with Crippen LogP contribution < -0.4 is 15.0 Å². The number of aryl methyl sites for hydroxylation is 1. The largest absolute Gasteiger partial charge is 0.477 e. The van der Waals surface area contributed by atoms with E-state index in [9.17, 15) is 4.79 Å². The van der Waals surface area contributed by atoms with Gasteiger partial charge in [-0.3, -0.25) is 4.79 Å². The minimum atomic E-state index is -0.556. The molecule has 0 aliphatic carbocycles. The number of anilines is 1. The lowest BCUT2D eigenvalue weighted by atomic mass is 10.1. The molecular formula is C19H19ClN4O2. The molecule has 1 aliphatic rings. The van der Waals surface area contributed by atoms with Gasteiger partial charge in [0.2, 0.25) is 0 Å². The molecule has 1 atom stereocenters. The van der Waals surface area contributed by atoms with Gasteiger partial charge in [0, 0.05) is 19.1 Å². The van der Waals surface area contributed by atoms with E-state index in [0.717, 1.165) is 22.5 Å². The maximum atomic E-state index is 12.1. The second-order valence-electron chi connectivity index (χ2n) is 6.29. The van der Waals surface area contributed by atoms with Gasteiger partial charge in [0.15, 0.2) is 6.10 Å². The highest BCUT2D eigenvalue weighted by Crippen LogP contribution is 2.34. The Labute approximate surface area is 156 Å². The van der Waals surface area contributed by atoms with Crippen molar-refractivity contribution < 1.29 is 9.53 Å². The number of aromatic nitrogens is 2. The number of halogens is 1. The maximum Gasteiger partial charge on any atom is 0.262 e. The Morgan fingerprint density at radius 2 is 2.15 bits per heavy atom. The zero-order chi connectivity index (χ0) is 18.3. The zero-order valence-electron chi connectivity index (χ0n) is 14.6. The number of carbonyl (C=O) groups is 1. The Bertz CT molecular complexity index is 985. The van der Waals surface area contributed by atoms with Crippen molar-refractivity contribution in [3.63, 3.8) is 0 Å². The number of ether oxygens (including phenoxy) is 1. The molecule has 6 nitrogen and oxygen atoms in total. The van der Waals surface area contributed by atoms with Crippen LogP contribution in [-0.4, -0.2) is 35.2 Å². The average molecular weight is 371 g/mol. The van der Waals surface area contributed by atoms with Gasteiger partial charge in [-0.1, -0.05) is 23.7 Å². The van der Waals surface area contributed by atoms with Gasteiger partial charge in [-0.25, -0.2) is 4.98 Å². The summed E-state index contributed by atoms with van der Waals surface area (Å²) in [6.07, 6.45) is -0.556. The molecule has 0 saturated carbocycles. The first-order valence-electron chi connectivity index (χ1n) is 8.40. The number of hydrogen-bond donors (Lipinski definition) is 1. The van der Waals surface area contributed by atoms with Crippen LogP contribution in [-0.2, 0) is 18.4 Å². The first kappa shape index (κ1) is 16.7. The van der Waals surface area contributed by atoms with E-state index in [4.69, 9.17) is 21.3 Å². The predicted molar refractivity (Wildman–Crippen MR) is 102 cm³/mol. The van der Waals surface area contributed by atoms with E-state index in [-0.39, 0.29) is 5.91 Å². The third-order valence-electron chi connectivity index (χ3n) is 4.67. The number of nitrogens with zero attached hydrogens (tertiary/aromatic N) is 3. The summed E-state index contributed by atoms with van der Waals surface area (Å²) < 4.78 is 7.91. The Kier molecular flexibility index (Phi) is 4.20. The summed E-state index contributed by atoms with van der Waals surface area (Å²) in [7, 11) is 3.60. The van der Waals surface area contributed by atoms with Gasteiger partial charge in [-0.05, 0) is 30.3 Å². The zero-order valence-corrected chi connectivity index (χ0v) is 15.3. The van der Waals surface area contributed by atoms with Crippen LogP contribution in [0.3, 0.4) is 0 Å². The summed E-state index contributed by atoms with van der Waals surface area (Å²) in [6, 6.07) is 13.4. The van der Waals surface area contributed by atoms with Crippen molar-refractivity contribution in [2.75, 3.05) is 18.5 Å². The molecule has 1 aromatic heterocycles. The normalized spacial score (nSPS) is 16.3. The number of likely N-dealkylation sites (N-methyl/N-ethyl adjacent to an activating group) is 1. The maximum absolute atomic E-state index is 12.1. The fourth-order valence-electron chi connectivity index (χ4n) is 3.29. The summed E-state index contributed by atoms with van der Waals surface area (Å²) in [5.41, 5.74) is 2.84. The number of rotatable bonds is 3. The van der Waals surface area contributed by atoms with E-state index in [1.807, 2.05) is 49.5 Å². The van der Waals surface area contributed by atoms with E-state index in [0.29, 0.717) is 23.9 Å². The molecule has 7 heteroatoms. The van der Waals surface area contributed by atoms with E-state index < -0.39 is 6.10 Å². The minimum Gasteiger partial charge on any atom is -0.477 e. The van der Waals surface area contributed by atoms with Gasteiger partial charge in [-0.15, -0.1) is 0 Å². The molecule has 2 heterocycles. The quantitative estimate of drug-likeness (QED) is 0.770. The molecule has 0 saturated heterocycles. The Balaban J connectivity index is 1.70. The molecule has 1 aliphatic heterocycles. The van der Waals surface area contributed by atoms with Gasteiger partial charge >= 0.3 is 0 Å². The van der Waals surface area contributed by atoms with Crippen LogP contribution in [0.4, 0.5) is 5.69 Å². The molecule has 2 aromatic carbocycles. The van der Waals surface area contributed by atoms with E-state index in [1.54, 1.807) is 7.05 Å². The monoisotopic (exact) mass is 370 g/mol. The van der Waals surface area contributed by atoms with Crippen molar-refractivity contribution in [1.29, 1.82) is 0 Å². The topological polar surface area (TPSA) is 59.4 Å². The third kappa shape index (κ3) is 2.86. The predicted octanol–water partition coefficient (Wildman–Crippen LogP) is 2.74. The SMILES string of the molecule is CNC(=O)C1CN(Cc2nc3cc(Cl)ccc3n2C)c2ccccc2O1. The van der Waals surface area contributed by atoms with E-state index >= 15 is 0 Å². The fourth-order valence-corrected chi connectivity index (χ4v) is 3.46. The highest BCUT2D eigenvalue weighted by atomic mass is 35.5. The van der Waals surface area contributed by atoms with Gasteiger partial charge in [0.25, 0.3) is 5.91 Å². The lowest BCUT2D eigenvalue weighted by molar-refractivity contribution is -0.127. The summed E-state index contributed by atoms with van der Waals surface area (Å²) in [4.78, 5) is 19.0. The number of benzene rings is 2. The van der Waals surface area contributed by atoms with Crippen molar-refractivity contribution >= 4 is 34.2 Å². The van der Waals surface area contributed by atoms with Crippen molar-refractivity contribution in [1.82, 2.24) is 14.9 Å². The molecule has 0 bridgehead atoms. The first-order valence-corrected chi connectivity index (χ1v) is 8.77. The molecule has 1 N–H and O–H groups in total. The van der Waals surface area contributed by atoms with Crippen LogP contribution in [0.25, 0.3) is 11.0 Å². The van der Waals surface area contributed by atoms with Crippen molar-refractivity contribution in [3.8, 4) is 5.75 Å². The molecule has 0 fully saturated rings. The summed E-state index contributed by atoms with van der Waals surface area (Å²) >= 11 is 6.09. The number of fused-ring (bicyclic) bond motifs is 2. The van der Waals surface area contributed by atoms with Crippen LogP contribution in [0.2, 0.25) is 5.02 Å². The van der Waals surface area contributed by atoms with Crippen molar-refractivity contribution in [2.45, 2.75) is 12.6 Å². The smallest absolute Gasteiger partial charge is 0.262 e. The van der Waals surface area contributed by atoms with Crippen LogP contribution in [0, 0.1) is 0 Å². The number of imidazole rings is 1. The van der Waals surface area contributed by atoms with Crippen molar-refractivity contribution in [3.05, 3.63) is 53.3 Å². The van der Waals surface area contributed by atoms with Crippen molar-refractivity contribution in [2.24, 2.45) is 7.05 Å². The average Bonchev–Trinajstić information content (AvgIpc) is 2.95. The van der Waals surface area contributed by atoms with Crippen LogP contribution in [0.15, 0.2) is 42.5 Å². The van der Waals surface area contributed by atoms with Crippen LogP contribution in [0.1, 0.15) is 5.82 Å². The van der Waals surface area contributed by atoms with E-state index in [1.165, 1.54) is 0 Å². The highest BCUT2D eigenvalue weighted by molar-refractivity contribution is 6.31. The standard InChI is InChI=1S/C19H19ClN4O2/c1-21-19(25)17-10-24(15-5-3-4-6-16(15)26-17)11-18-22-13-9-12(20)7-8-14(13)23(18)2/h3-9,17H,10-11H2,1-2H3,(H,21,25). The van der Waals surface area contributed by atoms with Crippen LogP contribution >= 0.6 is 11.6 Å². The van der Waals surface area contributed by atoms with Gasteiger partial charge in [-0.2, -0.15) is 0 Å². The van der Waals surface area contributed by atoms with Gasteiger partial charge < -0.3 is 19.5 Å². The molecule has 4 rings (SSSR count). The summed E-state index contributed by atoms with van der Waals surface area (Å²) in [5, 5.41) is 3.33. The lowest BCUT2D eigenvalue weighted by Crippen LogP contribution is -2.48. The molecular weight excluding hydrogens is 352 g/mol. The van der Waals surface area contributed by atoms with Crippen LogP contribution in [0.5, 0.6) is 5.75 Å². The van der Waals surface area contributed by atoms with Gasteiger partial charge in [0.1, 0.15) is 11.6 Å². The minimum absolute atomic E-state index is 0.138. The molecule has 134 valence electrons. The number of carbonyl (C=O) groups excluding carboxylic acids is 1. The molecule has 0 radical (unpaired) electrons. The third-order valence-corrected chi connectivity index (χ3v) is 4.90. The highest BCUT2D eigenvalue weighted by Gasteiger charge is 2.30. The van der Waals surface area contributed by atoms with Gasteiger partial charge in [0.05, 0.1) is 29.8 Å². The number of amides is 1. The fraction of sp³-hybridized carbons (Fsp3) is 0.263. The molecule has 1 unspecified atom stereocenters. The first-order chi connectivity index (χ1) is 12.6. The Morgan fingerprint density at radius 3 is 2.96 bits per heavy atom. The Hall–Kier alpha value is -2.73. The number of hydrogen-bond acceptors (Lipinski definition) is 4.